The Morgan fingerprint density at radius 2 is 2.00 bits per heavy atom. The summed E-state index contributed by atoms with van der Waals surface area (Å²) in [4.78, 5) is 18.7. The van der Waals surface area contributed by atoms with Crippen LogP contribution in [0.25, 0.3) is 10.9 Å². The topological polar surface area (TPSA) is 45.2 Å². The van der Waals surface area contributed by atoms with Gasteiger partial charge in [-0.2, -0.15) is 0 Å². The number of amides is 1. The van der Waals surface area contributed by atoms with Gasteiger partial charge in [0, 0.05) is 18.0 Å². The molecule has 0 atom stereocenters. The standard InChI is InChI=1S/C18H21N3O/c22-18(8-5-13-21-11-3-4-12-21)19-14-16-10-9-15-6-1-2-7-17(15)20-16/h1-2,5-10H,3-4,11-14H2,(H,19,22)/b8-5+. The highest BCUT2D eigenvalue weighted by molar-refractivity contribution is 5.87. The Morgan fingerprint density at radius 3 is 2.86 bits per heavy atom. The van der Waals surface area contributed by atoms with Crippen molar-refractivity contribution in [1.82, 2.24) is 15.2 Å². The predicted molar refractivity (Wildman–Crippen MR) is 88.4 cm³/mol. The van der Waals surface area contributed by atoms with Gasteiger partial charge in [0.2, 0.25) is 5.91 Å². The highest BCUT2D eigenvalue weighted by Crippen LogP contribution is 2.11. The summed E-state index contributed by atoms with van der Waals surface area (Å²) in [6.45, 7) is 3.61. The molecule has 0 unspecified atom stereocenters. The molecule has 0 radical (unpaired) electrons. The molecule has 1 aromatic carbocycles. The van der Waals surface area contributed by atoms with Gasteiger partial charge in [-0.1, -0.05) is 30.3 Å². The minimum atomic E-state index is -0.0610. The summed E-state index contributed by atoms with van der Waals surface area (Å²) in [7, 11) is 0. The Balaban J connectivity index is 1.49. The van der Waals surface area contributed by atoms with Gasteiger partial charge in [-0.3, -0.25) is 14.7 Å². The number of hydrogen-bond donors (Lipinski definition) is 1. The van der Waals surface area contributed by atoms with Gasteiger partial charge in [-0.05, 0) is 38.1 Å². The van der Waals surface area contributed by atoms with Crippen LogP contribution in [0.5, 0.6) is 0 Å². The van der Waals surface area contributed by atoms with Gasteiger partial charge in [0.15, 0.2) is 0 Å². The van der Waals surface area contributed by atoms with E-state index in [9.17, 15) is 4.79 Å². The number of nitrogens with one attached hydrogen (secondary N) is 1. The molecule has 0 bridgehead atoms. The van der Waals surface area contributed by atoms with Crippen molar-refractivity contribution in [3.8, 4) is 0 Å². The SMILES string of the molecule is O=C(/C=C/CN1CCCC1)NCc1ccc2ccccc2n1. The molecule has 0 aliphatic carbocycles. The largest absolute Gasteiger partial charge is 0.347 e. The molecule has 1 aliphatic heterocycles. The van der Waals surface area contributed by atoms with Crippen molar-refractivity contribution in [1.29, 1.82) is 0 Å². The van der Waals surface area contributed by atoms with E-state index in [0.717, 1.165) is 36.2 Å². The van der Waals surface area contributed by atoms with E-state index in [1.165, 1.54) is 12.8 Å². The number of fused-ring (bicyclic) bond motifs is 1. The van der Waals surface area contributed by atoms with Crippen LogP contribution in [-0.4, -0.2) is 35.4 Å². The summed E-state index contributed by atoms with van der Waals surface area (Å²) in [6, 6.07) is 12.0. The number of carbonyl (C=O) groups excluding carboxylic acids is 1. The molecular formula is C18H21N3O. The van der Waals surface area contributed by atoms with E-state index in [1.807, 2.05) is 42.5 Å². The molecule has 2 heterocycles. The molecule has 3 rings (SSSR count). The van der Waals surface area contributed by atoms with Crippen LogP contribution in [0.2, 0.25) is 0 Å². The van der Waals surface area contributed by atoms with Crippen molar-refractivity contribution in [2.45, 2.75) is 19.4 Å². The van der Waals surface area contributed by atoms with E-state index in [-0.39, 0.29) is 5.91 Å². The van der Waals surface area contributed by atoms with Crippen molar-refractivity contribution in [2.24, 2.45) is 0 Å². The summed E-state index contributed by atoms with van der Waals surface area (Å²) in [5, 5.41) is 4.00. The van der Waals surface area contributed by atoms with E-state index >= 15 is 0 Å². The maximum absolute atomic E-state index is 11.8. The molecule has 1 N–H and O–H groups in total. The molecule has 1 aromatic heterocycles. The molecule has 4 heteroatoms. The van der Waals surface area contributed by atoms with Gasteiger partial charge in [-0.25, -0.2) is 0 Å². The number of benzene rings is 1. The lowest BCUT2D eigenvalue weighted by atomic mass is 10.2. The molecule has 22 heavy (non-hydrogen) atoms. The first-order chi connectivity index (χ1) is 10.8. The van der Waals surface area contributed by atoms with Gasteiger partial charge >= 0.3 is 0 Å². The van der Waals surface area contributed by atoms with Crippen molar-refractivity contribution >= 4 is 16.8 Å². The number of hydrogen-bond acceptors (Lipinski definition) is 3. The third-order valence-electron chi connectivity index (χ3n) is 3.93. The van der Waals surface area contributed by atoms with E-state index in [2.05, 4.69) is 15.2 Å². The summed E-state index contributed by atoms with van der Waals surface area (Å²) in [6.07, 6.45) is 6.11. The lowest BCUT2D eigenvalue weighted by molar-refractivity contribution is -0.116. The Labute approximate surface area is 130 Å². The molecule has 1 aliphatic rings. The van der Waals surface area contributed by atoms with Gasteiger partial charge in [-0.15, -0.1) is 0 Å². The highest BCUT2D eigenvalue weighted by Gasteiger charge is 2.08. The third kappa shape index (κ3) is 3.92. The first kappa shape index (κ1) is 14.7. The number of aromatic nitrogens is 1. The van der Waals surface area contributed by atoms with Gasteiger partial charge in [0.05, 0.1) is 17.8 Å². The van der Waals surface area contributed by atoms with E-state index in [0.29, 0.717) is 6.54 Å². The van der Waals surface area contributed by atoms with Crippen molar-refractivity contribution in [3.63, 3.8) is 0 Å². The normalized spacial score (nSPS) is 15.6. The molecule has 1 amide bonds. The fourth-order valence-electron chi connectivity index (χ4n) is 2.72. The number of para-hydroxylation sites is 1. The maximum atomic E-state index is 11.8. The zero-order valence-corrected chi connectivity index (χ0v) is 12.7. The van der Waals surface area contributed by atoms with Crippen molar-refractivity contribution in [3.05, 3.63) is 54.2 Å². The molecule has 0 saturated carbocycles. The second-order valence-electron chi connectivity index (χ2n) is 5.62. The quantitative estimate of drug-likeness (QED) is 0.862. The second kappa shape index (κ2) is 7.18. The average molecular weight is 295 g/mol. The van der Waals surface area contributed by atoms with Gasteiger partial charge in [0.1, 0.15) is 0 Å². The maximum Gasteiger partial charge on any atom is 0.244 e. The van der Waals surface area contributed by atoms with Crippen molar-refractivity contribution in [2.75, 3.05) is 19.6 Å². The van der Waals surface area contributed by atoms with Crippen LogP contribution in [-0.2, 0) is 11.3 Å². The summed E-state index contributed by atoms with van der Waals surface area (Å²) < 4.78 is 0. The summed E-state index contributed by atoms with van der Waals surface area (Å²) >= 11 is 0. The highest BCUT2D eigenvalue weighted by atomic mass is 16.1. The Hall–Kier alpha value is -2.20. The van der Waals surface area contributed by atoms with Crippen LogP contribution in [0.3, 0.4) is 0 Å². The number of rotatable bonds is 5. The van der Waals surface area contributed by atoms with E-state index in [1.54, 1.807) is 6.08 Å². The van der Waals surface area contributed by atoms with Crippen LogP contribution in [0, 0.1) is 0 Å². The lowest BCUT2D eigenvalue weighted by Gasteiger charge is -2.10. The number of carbonyl (C=O) groups is 1. The first-order valence-corrected chi connectivity index (χ1v) is 7.83. The lowest BCUT2D eigenvalue weighted by Crippen LogP contribution is -2.22. The molecule has 0 spiro atoms. The van der Waals surface area contributed by atoms with Crippen LogP contribution in [0.15, 0.2) is 48.6 Å². The Morgan fingerprint density at radius 1 is 1.18 bits per heavy atom. The monoisotopic (exact) mass is 295 g/mol. The fourth-order valence-corrected chi connectivity index (χ4v) is 2.72. The number of likely N-dealkylation sites (tertiary alicyclic amines) is 1. The number of nitrogens with zero attached hydrogens (tertiary/aromatic N) is 2. The first-order valence-electron chi connectivity index (χ1n) is 7.83. The molecule has 4 nitrogen and oxygen atoms in total. The van der Waals surface area contributed by atoms with Crippen LogP contribution < -0.4 is 5.32 Å². The zero-order valence-electron chi connectivity index (χ0n) is 12.7. The predicted octanol–water partition coefficient (Wildman–Crippen LogP) is 2.50. The molecule has 1 saturated heterocycles. The fraction of sp³-hybridized carbons (Fsp3) is 0.333. The molecule has 114 valence electrons. The van der Waals surface area contributed by atoms with E-state index in [4.69, 9.17) is 0 Å². The Kier molecular flexibility index (Phi) is 4.81. The minimum Gasteiger partial charge on any atom is -0.347 e. The molecule has 2 aromatic rings. The summed E-state index contributed by atoms with van der Waals surface area (Å²) in [5.41, 5.74) is 1.83. The minimum absolute atomic E-state index is 0.0610. The third-order valence-corrected chi connectivity index (χ3v) is 3.93. The molecular weight excluding hydrogens is 274 g/mol. The Bertz CT molecular complexity index is 675. The van der Waals surface area contributed by atoms with Crippen LogP contribution >= 0.6 is 0 Å². The van der Waals surface area contributed by atoms with Gasteiger partial charge in [0.25, 0.3) is 0 Å². The van der Waals surface area contributed by atoms with Crippen molar-refractivity contribution < 1.29 is 4.79 Å². The smallest absolute Gasteiger partial charge is 0.244 e. The van der Waals surface area contributed by atoms with Crippen LogP contribution in [0.1, 0.15) is 18.5 Å². The van der Waals surface area contributed by atoms with Gasteiger partial charge < -0.3 is 5.32 Å². The zero-order chi connectivity index (χ0) is 15.2. The number of pyridine rings is 1. The molecule has 1 fully saturated rings. The van der Waals surface area contributed by atoms with Crippen LogP contribution in [0.4, 0.5) is 0 Å². The second-order valence-corrected chi connectivity index (χ2v) is 5.62. The summed E-state index contributed by atoms with van der Waals surface area (Å²) in [5.74, 6) is -0.0610. The van der Waals surface area contributed by atoms with E-state index < -0.39 is 0 Å². The average Bonchev–Trinajstić information content (AvgIpc) is 3.06.